The molecule has 0 aliphatic carbocycles. The lowest BCUT2D eigenvalue weighted by atomic mass is 9.94. The number of rotatable bonds is 4. The van der Waals surface area contributed by atoms with Crippen LogP contribution in [0.15, 0.2) is 15.6 Å². The van der Waals surface area contributed by atoms with E-state index in [0.29, 0.717) is 19.0 Å². The molecule has 2 fully saturated rings. The second-order valence-electron chi connectivity index (χ2n) is 8.97. The number of oxazole rings is 1. The summed E-state index contributed by atoms with van der Waals surface area (Å²) < 4.78 is 5.85. The predicted octanol–water partition coefficient (Wildman–Crippen LogP) is 2.30. The summed E-state index contributed by atoms with van der Waals surface area (Å²) in [6.45, 7) is 12.7. The van der Waals surface area contributed by atoms with Gasteiger partial charge in [0, 0.05) is 51.7 Å². The molecule has 2 aliphatic heterocycles. The quantitative estimate of drug-likeness (QED) is 0.365. The van der Waals surface area contributed by atoms with E-state index in [0.717, 1.165) is 63.8 Å². The van der Waals surface area contributed by atoms with Crippen molar-refractivity contribution in [2.75, 3.05) is 52.9 Å². The summed E-state index contributed by atoms with van der Waals surface area (Å²) in [5.41, 5.74) is -0.0467. The number of guanidine groups is 1. The van der Waals surface area contributed by atoms with Gasteiger partial charge in [0.2, 0.25) is 11.8 Å². The molecule has 1 aromatic heterocycles. The van der Waals surface area contributed by atoms with Crippen LogP contribution in [0, 0.1) is 0 Å². The van der Waals surface area contributed by atoms with E-state index in [4.69, 9.17) is 4.42 Å². The van der Waals surface area contributed by atoms with Crippen LogP contribution < -0.4 is 5.32 Å². The molecule has 1 N–H and O–H groups in total. The molecule has 0 atom stereocenters. The summed E-state index contributed by atoms with van der Waals surface area (Å²) in [6.07, 6.45) is 5.34. The van der Waals surface area contributed by atoms with E-state index in [-0.39, 0.29) is 35.3 Å². The summed E-state index contributed by atoms with van der Waals surface area (Å²) in [6, 6.07) is 0. The van der Waals surface area contributed by atoms with Crippen molar-refractivity contribution in [2.45, 2.75) is 52.0 Å². The molecule has 0 bridgehead atoms. The van der Waals surface area contributed by atoms with Gasteiger partial charge in [0.15, 0.2) is 5.96 Å². The maximum absolute atomic E-state index is 12.5. The second-order valence-corrected chi connectivity index (χ2v) is 8.97. The number of hydrogen-bond acceptors (Lipinski definition) is 5. The summed E-state index contributed by atoms with van der Waals surface area (Å²) in [7, 11) is 1.80. The van der Waals surface area contributed by atoms with Gasteiger partial charge in [-0.25, -0.2) is 4.98 Å². The van der Waals surface area contributed by atoms with Gasteiger partial charge in [-0.2, -0.15) is 0 Å². The molecule has 0 saturated carbocycles. The highest BCUT2D eigenvalue weighted by Gasteiger charge is 2.24. The Balaban J connectivity index is 0.00000320. The van der Waals surface area contributed by atoms with Crippen molar-refractivity contribution < 1.29 is 9.21 Å². The zero-order valence-corrected chi connectivity index (χ0v) is 21.1. The van der Waals surface area contributed by atoms with Gasteiger partial charge in [0.05, 0.1) is 19.3 Å². The Morgan fingerprint density at radius 2 is 1.77 bits per heavy atom. The Bertz CT molecular complexity index is 701. The standard InChI is InChI=1S/C21H36N6O2.HI/c1-21(2,3)17-14-23-18(29-17)15-24-20(22-4)27-12-10-25(11-13-27)16-19(28)26-8-6-5-7-9-26;/h14H,5-13,15-16H2,1-4H3,(H,22,24);1H. The van der Waals surface area contributed by atoms with Gasteiger partial charge < -0.3 is 19.5 Å². The number of aliphatic imine (C=N–C) groups is 1. The van der Waals surface area contributed by atoms with Crippen LogP contribution in [0.4, 0.5) is 0 Å². The summed E-state index contributed by atoms with van der Waals surface area (Å²) >= 11 is 0. The normalized spacial score (nSPS) is 18.9. The Hall–Kier alpha value is -1.36. The number of piperidine rings is 1. The Morgan fingerprint density at radius 1 is 1.10 bits per heavy atom. The number of likely N-dealkylation sites (tertiary alicyclic amines) is 1. The zero-order chi connectivity index (χ0) is 20.9. The van der Waals surface area contributed by atoms with Crippen molar-refractivity contribution in [1.82, 2.24) is 25.0 Å². The first-order valence-electron chi connectivity index (χ1n) is 10.8. The van der Waals surface area contributed by atoms with Crippen molar-refractivity contribution in [2.24, 2.45) is 4.99 Å². The van der Waals surface area contributed by atoms with Crippen LogP contribution in [0.2, 0.25) is 0 Å². The highest BCUT2D eigenvalue weighted by atomic mass is 127. The third-order valence-electron chi connectivity index (χ3n) is 5.64. The molecular formula is C21H37IN6O2. The van der Waals surface area contributed by atoms with E-state index in [2.05, 4.69) is 45.9 Å². The van der Waals surface area contributed by atoms with E-state index < -0.39 is 0 Å². The van der Waals surface area contributed by atoms with E-state index in [1.807, 2.05) is 4.90 Å². The maximum atomic E-state index is 12.5. The molecule has 30 heavy (non-hydrogen) atoms. The number of hydrogen-bond donors (Lipinski definition) is 1. The first kappa shape index (κ1) is 24.9. The molecule has 3 heterocycles. The second kappa shape index (κ2) is 11.3. The van der Waals surface area contributed by atoms with Gasteiger partial charge in [0.25, 0.3) is 0 Å². The molecule has 3 rings (SSSR count). The Kier molecular flexibility index (Phi) is 9.39. The molecule has 0 unspecified atom stereocenters. The van der Waals surface area contributed by atoms with Crippen LogP contribution in [0.5, 0.6) is 0 Å². The highest BCUT2D eigenvalue weighted by Crippen LogP contribution is 2.22. The SMILES string of the molecule is CN=C(NCc1ncc(C(C)(C)C)o1)N1CCN(CC(=O)N2CCCCC2)CC1.I. The van der Waals surface area contributed by atoms with Gasteiger partial charge in [-0.1, -0.05) is 20.8 Å². The van der Waals surface area contributed by atoms with Crippen molar-refractivity contribution in [1.29, 1.82) is 0 Å². The largest absolute Gasteiger partial charge is 0.443 e. The number of nitrogens with one attached hydrogen (secondary N) is 1. The van der Waals surface area contributed by atoms with Gasteiger partial charge in [0.1, 0.15) is 5.76 Å². The minimum Gasteiger partial charge on any atom is -0.443 e. The molecule has 0 aromatic carbocycles. The molecule has 2 saturated heterocycles. The Labute approximate surface area is 197 Å². The van der Waals surface area contributed by atoms with Gasteiger partial charge in [-0.15, -0.1) is 24.0 Å². The third-order valence-corrected chi connectivity index (χ3v) is 5.64. The third kappa shape index (κ3) is 6.83. The van der Waals surface area contributed by atoms with Crippen LogP contribution in [0.1, 0.15) is 51.7 Å². The average Bonchev–Trinajstić information content (AvgIpc) is 3.20. The fraction of sp³-hybridized carbons (Fsp3) is 0.762. The van der Waals surface area contributed by atoms with Crippen molar-refractivity contribution in [3.63, 3.8) is 0 Å². The van der Waals surface area contributed by atoms with E-state index >= 15 is 0 Å². The van der Waals surface area contributed by atoms with Crippen LogP contribution in [-0.4, -0.2) is 84.4 Å². The van der Waals surface area contributed by atoms with E-state index in [1.165, 1.54) is 6.42 Å². The van der Waals surface area contributed by atoms with Crippen molar-refractivity contribution >= 4 is 35.8 Å². The lowest BCUT2D eigenvalue weighted by molar-refractivity contribution is -0.133. The van der Waals surface area contributed by atoms with Gasteiger partial charge in [-0.05, 0) is 19.3 Å². The fourth-order valence-corrected chi connectivity index (χ4v) is 3.78. The lowest BCUT2D eigenvalue weighted by Gasteiger charge is -2.37. The van der Waals surface area contributed by atoms with Crippen LogP contribution >= 0.6 is 24.0 Å². The van der Waals surface area contributed by atoms with Crippen molar-refractivity contribution in [3.8, 4) is 0 Å². The van der Waals surface area contributed by atoms with Gasteiger partial charge >= 0.3 is 0 Å². The summed E-state index contributed by atoms with van der Waals surface area (Å²) in [5, 5.41) is 3.35. The zero-order valence-electron chi connectivity index (χ0n) is 18.8. The average molecular weight is 532 g/mol. The minimum absolute atomic E-state index is 0. The smallest absolute Gasteiger partial charge is 0.236 e. The van der Waals surface area contributed by atoms with E-state index in [1.54, 1.807) is 13.2 Å². The van der Waals surface area contributed by atoms with Crippen LogP contribution in [0.25, 0.3) is 0 Å². The summed E-state index contributed by atoms with van der Waals surface area (Å²) in [4.78, 5) is 27.8. The van der Waals surface area contributed by atoms with Crippen molar-refractivity contribution in [3.05, 3.63) is 17.8 Å². The topological polar surface area (TPSA) is 77.2 Å². The van der Waals surface area contributed by atoms with Gasteiger partial charge in [-0.3, -0.25) is 14.7 Å². The lowest BCUT2D eigenvalue weighted by Crippen LogP contribution is -2.54. The van der Waals surface area contributed by atoms with Crippen LogP contribution in [0.3, 0.4) is 0 Å². The molecule has 0 spiro atoms. The number of carbonyl (C=O) groups excluding carboxylic acids is 1. The molecule has 1 aromatic rings. The molecular weight excluding hydrogens is 495 g/mol. The number of aromatic nitrogens is 1. The molecule has 170 valence electrons. The molecule has 8 nitrogen and oxygen atoms in total. The molecule has 0 radical (unpaired) electrons. The monoisotopic (exact) mass is 532 g/mol. The minimum atomic E-state index is -0.0467. The number of amides is 1. The number of carbonyl (C=O) groups is 1. The van der Waals surface area contributed by atoms with E-state index in [9.17, 15) is 4.79 Å². The maximum Gasteiger partial charge on any atom is 0.236 e. The number of halogens is 1. The first-order valence-corrected chi connectivity index (χ1v) is 10.8. The molecule has 2 aliphatic rings. The highest BCUT2D eigenvalue weighted by molar-refractivity contribution is 14.0. The van der Waals surface area contributed by atoms with Crippen LogP contribution in [-0.2, 0) is 16.8 Å². The number of nitrogens with zero attached hydrogens (tertiary/aromatic N) is 5. The molecule has 1 amide bonds. The first-order chi connectivity index (χ1) is 13.9. The Morgan fingerprint density at radius 3 is 2.33 bits per heavy atom. The fourth-order valence-electron chi connectivity index (χ4n) is 3.78. The number of piperazine rings is 1. The summed E-state index contributed by atoms with van der Waals surface area (Å²) in [5.74, 6) is 2.68. The molecule has 9 heteroatoms. The predicted molar refractivity (Wildman–Crippen MR) is 129 cm³/mol.